The van der Waals surface area contributed by atoms with Crippen LogP contribution in [0.5, 0.6) is 11.5 Å². The van der Waals surface area contributed by atoms with Crippen LogP contribution in [-0.2, 0) is 44.7 Å². The second-order valence-electron chi connectivity index (χ2n) is 13.4. The van der Waals surface area contributed by atoms with Crippen LogP contribution in [0.15, 0.2) is 84.9 Å². The van der Waals surface area contributed by atoms with Crippen molar-refractivity contribution in [2.45, 2.75) is 88.8 Å². The summed E-state index contributed by atoms with van der Waals surface area (Å²) in [6, 6.07) is 21.5. The number of alkyl halides is 7. The zero-order chi connectivity index (χ0) is 40.0. The van der Waals surface area contributed by atoms with Gasteiger partial charge in [0.05, 0.1) is 30.6 Å². The van der Waals surface area contributed by atoms with Gasteiger partial charge in [-0.25, -0.2) is 9.59 Å². The average molecular weight is 775 g/mol. The molecule has 0 radical (unpaired) electrons. The molecule has 2 aliphatic carbocycles. The summed E-state index contributed by atoms with van der Waals surface area (Å²) in [5, 5.41) is 9.39. The van der Waals surface area contributed by atoms with Crippen LogP contribution in [0.1, 0.15) is 84.7 Å². The topological polar surface area (TPSA) is 82.1 Å². The number of hydrogen-bond donors (Lipinski definition) is 1. The number of carbonyl (C=O) groups is 2. The van der Waals surface area contributed by atoms with Crippen LogP contribution in [0.25, 0.3) is 11.1 Å². The zero-order valence-electron chi connectivity index (χ0n) is 30.2. The summed E-state index contributed by atoms with van der Waals surface area (Å²) in [6.07, 6.45) is -1.64. The van der Waals surface area contributed by atoms with E-state index in [0.717, 1.165) is 23.3 Å². The van der Waals surface area contributed by atoms with E-state index < -0.39 is 47.4 Å². The molecule has 13 heteroatoms. The summed E-state index contributed by atoms with van der Waals surface area (Å²) < 4.78 is 111. The molecule has 0 bridgehead atoms. The van der Waals surface area contributed by atoms with Crippen molar-refractivity contribution < 1.29 is 59.6 Å². The molecule has 4 aromatic carbocycles. The Morgan fingerprint density at radius 2 is 1.22 bits per heavy atom. The lowest BCUT2D eigenvalue weighted by Crippen LogP contribution is -2.39. The first-order chi connectivity index (χ1) is 26.1. The third-order valence-corrected chi connectivity index (χ3v) is 9.72. The van der Waals surface area contributed by atoms with Crippen molar-refractivity contribution in [1.82, 2.24) is 0 Å². The van der Waals surface area contributed by atoms with Crippen LogP contribution in [0.3, 0.4) is 0 Å². The van der Waals surface area contributed by atoms with Gasteiger partial charge in [0.2, 0.25) is 0 Å². The Morgan fingerprint density at radius 3 is 1.76 bits per heavy atom. The molecule has 0 aliphatic heterocycles. The number of aromatic hydroxyl groups is 1. The van der Waals surface area contributed by atoms with Gasteiger partial charge in [0.1, 0.15) is 18.1 Å². The van der Waals surface area contributed by atoms with Crippen molar-refractivity contribution in [2.75, 3.05) is 13.2 Å². The molecule has 0 spiro atoms. The van der Waals surface area contributed by atoms with Gasteiger partial charge in [0.15, 0.2) is 0 Å². The standard InChI is InChI=1S/C28H25F5O3.C14H16F2O3/c1-2-35-26(34)27(29,30)25-8-4-7-21-16-23(13-14-24(21)25)36-17-18-5-3-6-20(15-18)19-9-11-22(12-10-19)28(31,32)33;1-2-19-13(18)14(15,16)12-5-3-4-9-8-10(17)6-7-11(9)12/h3,5-6,9-16,25H,2,4,7-8,17H2,1H3;6-8,12,17H,2-5H2,1H3. The molecule has 0 amide bonds. The maximum Gasteiger partial charge on any atom is 0.416 e. The van der Waals surface area contributed by atoms with E-state index in [2.05, 4.69) is 9.47 Å². The van der Waals surface area contributed by atoms with Gasteiger partial charge in [-0.3, -0.25) is 0 Å². The lowest BCUT2D eigenvalue weighted by atomic mass is 9.79. The van der Waals surface area contributed by atoms with E-state index in [-0.39, 0.29) is 38.4 Å². The molecule has 294 valence electrons. The van der Waals surface area contributed by atoms with Crippen molar-refractivity contribution in [2.24, 2.45) is 0 Å². The number of phenols is 1. The molecule has 0 saturated heterocycles. The number of esters is 2. The highest BCUT2D eigenvalue weighted by molar-refractivity contribution is 5.80. The van der Waals surface area contributed by atoms with Crippen LogP contribution in [0, 0.1) is 0 Å². The van der Waals surface area contributed by atoms with Crippen molar-refractivity contribution >= 4 is 11.9 Å². The van der Waals surface area contributed by atoms with Crippen molar-refractivity contribution in [3.8, 4) is 22.6 Å². The molecule has 0 saturated carbocycles. The Hall–Kier alpha value is -5.07. The van der Waals surface area contributed by atoms with E-state index >= 15 is 0 Å². The first-order valence-corrected chi connectivity index (χ1v) is 18.0. The lowest BCUT2D eigenvalue weighted by Gasteiger charge is -2.30. The molecule has 0 aromatic heterocycles. The second kappa shape index (κ2) is 17.2. The van der Waals surface area contributed by atoms with Gasteiger partial charge in [-0.1, -0.05) is 42.5 Å². The average Bonchev–Trinajstić information content (AvgIpc) is 3.16. The molecule has 55 heavy (non-hydrogen) atoms. The second-order valence-corrected chi connectivity index (χ2v) is 13.4. The third kappa shape index (κ3) is 9.60. The molecule has 2 atom stereocenters. The van der Waals surface area contributed by atoms with Gasteiger partial charge in [0, 0.05) is 0 Å². The zero-order valence-corrected chi connectivity index (χ0v) is 30.2. The van der Waals surface area contributed by atoms with E-state index in [0.29, 0.717) is 59.3 Å². The summed E-state index contributed by atoms with van der Waals surface area (Å²) in [4.78, 5) is 23.3. The summed E-state index contributed by atoms with van der Waals surface area (Å²) in [7, 11) is 0. The highest BCUT2D eigenvalue weighted by atomic mass is 19.4. The predicted octanol–water partition coefficient (Wildman–Crippen LogP) is 10.6. The quantitative estimate of drug-likeness (QED) is 0.128. The molecule has 2 unspecified atom stereocenters. The van der Waals surface area contributed by atoms with Crippen LogP contribution >= 0.6 is 0 Å². The maximum atomic E-state index is 14.7. The molecule has 2 aliphatic rings. The first kappa shape index (κ1) is 41.1. The number of aryl methyl sites for hydroxylation is 2. The van der Waals surface area contributed by atoms with Gasteiger partial charge in [0.25, 0.3) is 0 Å². The Balaban J connectivity index is 0.000000256. The van der Waals surface area contributed by atoms with E-state index in [1.807, 2.05) is 12.1 Å². The van der Waals surface area contributed by atoms with E-state index in [1.54, 1.807) is 30.3 Å². The monoisotopic (exact) mass is 774 g/mol. The minimum Gasteiger partial charge on any atom is -0.508 e. The summed E-state index contributed by atoms with van der Waals surface area (Å²) >= 11 is 0. The predicted molar refractivity (Wildman–Crippen MR) is 190 cm³/mol. The van der Waals surface area contributed by atoms with Crippen molar-refractivity contribution in [1.29, 1.82) is 0 Å². The Labute approximate surface area is 314 Å². The van der Waals surface area contributed by atoms with E-state index in [4.69, 9.17) is 4.74 Å². The highest BCUT2D eigenvalue weighted by Gasteiger charge is 2.51. The fraction of sp³-hybridized carbons (Fsp3) is 0.381. The molecule has 0 heterocycles. The normalized spacial score (nSPS) is 16.8. The number of phenolic OH excluding ortho intramolecular Hbond substituents is 1. The fourth-order valence-electron chi connectivity index (χ4n) is 7.03. The molecular weight excluding hydrogens is 733 g/mol. The minimum absolute atomic E-state index is 0.0545. The maximum absolute atomic E-state index is 14.7. The molecular formula is C42H41F7O6. The van der Waals surface area contributed by atoms with Crippen molar-refractivity contribution in [3.05, 3.63) is 118 Å². The third-order valence-electron chi connectivity index (χ3n) is 9.72. The fourth-order valence-corrected chi connectivity index (χ4v) is 7.03. The van der Waals surface area contributed by atoms with E-state index in [1.165, 1.54) is 44.2 Å². The number of carbonyl (C=O) groups excluding carboxylic acids is 2. The smallest absolute Gasteiger partial charge is 0.416 e. The lowest BCUT2D eigenvalue weighted by molar-refractivity contribution is -0.176. The summed E-state index contributed by atoms with van der Waals surface area (Å²) in [6.45, 7) is 3.01. The van der Waals surface area contributed by atoms with Gasteiger partial charge in [-0.2, -0.15) is 30.7 Å². The molecule has 0 fully saturated rings. The van der Waals surface area contributed by atoms with Crippen LogP contribution in [-0.4, -0.2) is 42.1 Å². The van der Waals surface area contributed by atoms with Crippen LogP contribution in [0.4, 0.5) is 30.7 Å². The number of halogens is 7. The van der Waals surface area contributed by atoms with Crippen LogP contribution < -0.4 is 4.74 Å². The minimum atomic E-state index is -4.39. The number of ether oxygens (including phenoxy) is 3. The SMILES string of the molecule is CCOC(=O)C(F)(F)C1CCCc2cc(O)ccc21.CCOC(=O)C(F)(F)C1CCCc2cc(OCc3cccc(-c4ccc(C(F)(F)F)cc4)c3)ccc21. The number of rotatable bonds is 10. The molecule has 4 aromatic rings. The Morgan fingerprint density at radius 1 is 0.673 bits per heavy atom. The summed E-state index contributed by atoms with van der Waals surface area (Å²) in [5.74, 6) is -12.0. The molecule has 6 rings (SSSR count). The highest BCUT2D eigenvalue weighted by Crippen LogP contribution is 2.45. The van der Waals surface area contributed by atoms with Gasteiger partial charge < -0.3 is 19.3 Å². The van der Waals surface area contributed by atoms with Crippen molar-refractivity contribution in [3.63, 3.8) is 0 Å². The Bertz CT molecular complexity index is 1960. The number of fused-ring (bicyclic) bond motifs is 2. The summed E-state index contributed by atoms with van der Waals surface area (Å²) in [5.41, 5.74) is 3.74. The van der Waals surface area contributed by atoms with Gasteiger partial charge in [-0.05, 0) is 134 Å². The number of benzene rings is 4. The number of hydrogen-bond acceptors (Lipinski definition) is 6. The van der Waals surface area contributed by atoms with Crippen LogP contribution in [0.2, 0.25) is 0 Å². The van der Waals surface area contributed by atoms with E-state index in [9.17, 15) is 45.4 Å². The van der Waals surface area contributed by atoms with Gasteiger partial charge in [-0.15, -0.1) is 0 Å². The Kier molecular flexibility index (Phi) is 12.8. The molecule has 1 N–H and O–H groups in total. The van der Waals surface area contributed by atoms with Gasteiger partial charge >= 0.3 is 30.0 Å². The molecule has 6 nitrogen and oxygen atoms in total. The largest absolute Gasteiger partial charge is 0.508 e. The first-order valence-electron chi connectivity index (χ1n) is 18.0.